The number of rotatable bonds is 5. The van der Waals surface area contributed by atoms with E-state index in [4.69, 9.17) is 5.73 Å². The van der Waals surface area contributed by atoms with Gasteiger partial charge in [-0.15, -0.1) is 0 Å². The number of carbonyl (C=O) groups excluding carboxylic acids is 2. The second-order valence-corrected chi connectivity index (χ2v) is 4.67. The lowest BCUT2D eigenvalue weighted by Gasteiger charge is -1.97. The van der Waals surface area contributed by atoms with E-state index in [0.29, 0.717) is 5.56 Å². The lowest BCUT2D eigenvalue weighted by Crippen LogP contribution is -2.11. The van der Waals surface area contributed by atoms with Gasteiger partial charge in [-0.25, -0.2) is 0 Å². The van der Waals surface area contributed by atoms with Gasteiger partial charge in [0.15, 0.2) is 5.12 Å². The highest BCUT2D eigenvalue weighted by atomic mass is 32.2. The molecule has 0 aliphatic heterocycles. The molecule has 1 heterocycles. The third kappa shape index (κ3) is 5.31. The van der Waals surface area contributed by atoms with Crippen LogP contribution in [-0.4, -0.2) is 21.8 Å². The predicted octanol–water partition coefficient (Wildman–Crippen LogP) is 1.86. The van der Waals surface area contributed by atoms with E-state index in [9.17, 15) is 9.59 Å². The van der Waals surface area contributed by atoms with Crippen LogP contribution in [-0.2, 0) is 4.79 Å². The number of aromatic nitrogens is 1. The van der Waals surface area contributed by atoms with Crippen LogP contribution in [0.25, 0.3) is 6.08 Å². The van der Waals surface area contributed by atoms with E-state index in [1.54, 1.807) is 19.2 Å². The van der Waals surface area contributed by atoms with E-state index >= 15 is 0 Å². The predicted molar refractivity (Wildman–Crippen MR) is 69.5 cm³/mol. The summed E-state index contributed by atoms with van der Waals surface area (Å²) in [7, 11) is 0. The molecule has 90 valence electrons. The Kier molecular flexibility index (Phi) is 5.42. The molecule has 17 heavy (non-hydrogen) atoms. The summed E-state index contributed by atoms with van der Waals surface area (Å²) in [5.74, 6) is 0.272. The average molecular weight is 250 g/mol. The fourth-order valence-corrected chi connectivity index (χ4v) is 1.72. The second kappa shape index (κ2) is 6.85. The van der Waals surface area contributed by atoms with E-state index in [1.165, 1.54) is 18.0 Å². The van der Waals surface area contributed by atoms with Crippen LogP contribution in [0.3, 0.4) is 0 Å². The highest BCUT2D eigenvalue weighted by molar-refractivity contribution is 8.13. The van der Waals surface area contributed by atoms with E-state index in [-0.39, 0.29) is 5.12 Å². The van der Waals surface area contributed by atoms with Crippen LogP contribution in [0.5, 0.6) is 0 Å². The van der Waals surface area contributed by atoms with Crippen LogP contribution in [0.4, 0.5) is 0 Å². The smallest absolute Gasteiger partial charge is 0.250 e. The van der Waals surface area contributed by atoms with Crippen molar-refractivity contribution in [1.29, 1.82) is 0 Å². The lowest BCUT2D eigenvalue weighted by atomic mass is 10.2. The number of primary amides is 1. The Morgan fingerprint density at radius 1 is 1.47 bits per heavy atom. The molecular weight excluding hydrogens is 236 g/mol. The third-order valence-electron chi connectivity index (χ3n) is 1.94. The molecule has 0 aliphatic carbocycles. The SMILES string of the molecule is CC(=O)SCCC=Cc1cncc(C(N)=O)c1. The molecule has 0 bridgehead atoms. The highest BCUT2D eigenvalue weighted by Crippen LogP contribution is 2.07. The number of amides is 1. The molecule has 0 fully saturated rings. The van der Waals surface area contributed by atoms with Crippen molar-refractivity contribution in [2.45, 2.75) is 13.3 Å². The van der Waals surface area contributed by atoms with Crippen LogP contribution in [0, 0.1) is 0 Å². The van der Waals surface area contributed by atoms with E-state index in [0.717, 1.165) is 17.7 Å². The zero-order valence-corrected chi connectivity index (χ0v) is 10.4. The van der Waals surface area contributed by atoms with Crippen molar-refractivity contribution in [2.75, 3.05) is 5.75 Å². The molecule has 1 aromatic rings. The van der Waals surface area contributed by atoms with Gasteiger partial charge >= 0.3 is 0 Å². The highest BCUT2D eigenvalue weighted by Gasteiger charge is 1.99. The Labute approximate surface area is 104 Å². The number of pyridine rings is 1. The van der Waals surface area contributed by atoms with Crippen LogP contribution in [0.15, 0.2) is 24.5 Å². The van der Waals surface area contributed by atoms with E-state index < -0.39 is 5.91 Å². The first-order chi connectivity index (χ1) is 8.09. The largest absolute Gasteiger partial charge is 0.366 e. The van der Waals surface area contributed by atoms with Gasteiger partial charge in [0.2, 0.25) is 5.91 Å². The summed E-state index contributed by atoms with van der Waals surface area (Å²) in [6.07, 6.45) is 7.69. The van der Waals surface area contributed by atoms with E-state index in [2.05, 4.69) is 4.98 Å². The number of allylic oxidation sites excluding steroid dienone is 1. The summed E-state index contributed by atoms with van der Waals surface area (Å²) in [5.41, 5.74) is 6.37. The Hall–Kier alpha value is -1.62. The van der Waals surface area contributed by atoms with Crippen molar-refractivity contribution in [2.24, 2.45) is 5.73 Å². The van der Waals surface area contributed by atoms with Crippen LogP contribution in [0.1, 0.15) is 29.3 Å². The van der Waals surface area contributed by atoms with Gasteiger partial charge in [-0.2, -0.15) is 0 Å². The Bertz CT molecular complexity index is 444. The molecule has 0 atom stereocenters. The molecule has 1 aromatic heterocycles. The van der Waals surface area contributed by atoms with Crippen LogP contribution in [0.2, 0.25) is 0 Å². The minimum Gasteiger partial charge on any atom is -0.366 e. The van der Waals surface area contributed by atoms with Crippen molar-refractivity contribution in [3.8, 4) is 0 Å². The molecule has 0 unspecified atom stereocenters. The Morgan fingerprint density at radius 2 is 2.24 bits per heavy atom. The number of thioether (sulfide) groups is 1. The van der Waals surface area contributed by atoms with E-state index in [1.807, 2.05) is 12.2 Å². The first-order valence-corrected chi connectivity index (χ1v) is 6.13. The standard InChI is InChI=1S/C12H14N2O2S/c1-9(15)17-5-3-2-4-10-6-11(12(13)16)8-14-7-10/h2,4,6-8H,3,5H2,1H3,(H2,13,16). The molecule has 4 nitrogen and oxygen atoms in total. The quantitative estimate of drug-likeness (QED) is 0.809. The second-order valence-electron chi connectivity index (χ2n) is 3.40. The summed E-state index contributed by atoms with van der Waals surface area (Å²) in [4.78, 5) is 25.5. The van der Waals surface area contributed by atoms with Crippen molar-refractivity contribution < 1.29 is 9.59 Å². The van der Waals surface area contributed by atoms with Gasteiger partial charge in [-0.05, 0) is 18.1 Å². The molecule has 1 amide bonds. The zero-order valence-electron chi connectivity index (χ0n) is 9.55. The molecule has 0 radical (unpaired) electrons. The van der Waals surface area contributed by atoms with Crippen molar-refractivity contribution in [3.05, 3.63) is 35.7 Å². The topological polar surface area (TPSA) is 73.1 Å². The number of nitrogens with two attached hydrogens (primary N) is 1. The number of carbonyl (C=O) groups is 2. The Balaban J connectivity index is 2.50. The van der Waals surface area contributed by atoms with Crippen molar-refractivity contribution in [1.82, 2.24) is 4.98 Å². The molecule has 0 saturated heterocycles. The van der Waals surface area contributed by atoms with Gasteiger partial charge in [0.05, 0.1) is 5.56 Å². The molecular formula is C12H14N2O2S. The van der Waals surface area contributed by atoms with Gasteiger partial charge in [0.25, 0.3) is 0 Å². The summed E-state index contributed by atoms with van der Waals surface area (Å²) in [6, 6.07) is 1.68. The molecule has 5 heteroatoms. The molecule has 0 spiro atoms. The first-order valence-electron chi connectivity index (χ1n) is 5.14. The average Bonchev–Trinajstić information content (AvgIpc) is 2.28. The van der Waals surface area contributed by atoms with Gasteiger partial charge in [-0.3, -0.25) is 14.6 Å². The van der Waals surface area contributed by atoms with Gasteiger partial charge in [-0.1, -0.05) is 23.9 Å². The monoisotopic (exact) mass is 250 g/mol. The zero-order chi connectivity index (χ0) is 12.7. The number of hydrogen-bond donors (Lipinski definition) is 1. The van der Waals surface area contributed by atoms with Crippen LogP contribution >= 0.6 is 11.8 Å². The van der Waals surface area contributed by atoms with Gasteiger partial charge in [0, 0.05) is 25.1 Å². The fraction of sp³-hybridized carbons (Fsp3) is 0.250. The number of hydrogen-bond acceptors (Lipinski definition) is 4. The van der Waals surface area contributed by atoms with Crippen molar-refractivity contribution >= 4 is 28.9 Å². The molecule has 2 N–H and O–H groups in total. The molecule has 0 saturated carbocycles. The summed E-state index contributed by atoms with van der Waals surface area (Å²) >= 11 is 1.29. The maximum absolute atomic E-state index is 10.9. The summed E-state index contributed by atoms with van der Waals surface area (Å²) in [5, 5.41) is 0.121. The fourth-order valence-electron chi connectivity index (χ4n) is 1.17. The normalized spacial score (nSPS) is 10.6. The maximum Gasteiger partial charge on any atom is 0.250 e. The molecule has 0 aromatic carbocycles. The molecule has 0 aliphatic rings. The lowest BCUT2D eigenvalue weighted by molar-refractivity contribution is -0.109. The maximum atomic E-state index is 10.9. The molecule has 1 rings (SSSR count). The third-order valence-corrected chi connectivity index (χ3v) is 2.79. The van der Waals surface area contributed by atoms with Gasteiger partial charge < -0.3 is 5.73 Å². The van der Waals surface area contributed by atoms with Crippen LogP contribution < -0.4 is 5.73 Å². The summed E-state index contributed by atoms with van der Waals surface area (Å²) in [6.45, 7) is 1.55. The number of nitrogens with zero attached hydrogens (tertiary/aromatic N) is 1. The minimum atomic E-state index is -0.486. The van der Waals surface area contributed by atoms with Crippen molar-refractivity contribution in [3.63, 3.8) is 0 Å². The first kappa shape index (κ1) is 13.4. The summed E-state index contributed by atoms with van der Waals surface area (Å²) < 4.78 is 0. The van der Waals surface area contributed by atoms with Gasteiger partial charge in [0.1, 0.15) is 0 Å². The Morgan fingerprint density at radius 3 is 2.88 bits per heavy atom. The minimum absolute atomic E-state index is 0.121.